The fourth-order valence-electron chi connectivity index (χ4n) is 1.41. The maximum absolute atomic E-state index is 11.7. The summed E-state index contributed by atoms with van der Waals surface area (Å²) in [6.45, 7) is 2.00. The van der Waals surface area contributed by atoms with Crippen LogP contribution in [0.5, 0.6) is 0 Å². The zero-order chi connectivity index (χ0) is 14.3. The summed E-state index contributed by atoms with van der Waals surface area (Å²) in [6, 6.07) is 6.02. The monoisotopic (exact) mass is 284 g/mol. The number of carbonyl (C=O) groups excluding carboxylic acids is 1. The van der Waals surface area contributed by atoms with E-state index in [9.17, 15) is 14.9 Å². The molecule has 2 N–H and O–H groups in total. The van der Waals surface area contributed by atoms with Crippen LogP contribution in [0, 0.1) is 10.1 Å². The molecule has 0 saturated carbocycles. The van der Waals surface area contributed by atoms with Crippen LogP contribution in [-0.2, 0) is 4.79 Å². The van der Waals surface area contributed by atoms with E-state index >= 15 is 0 Å². The molecule has 6 nitrogen and oxygen atoms in total. The van der Waals surface area contributed by atoms with Crippen LogP contribution in [0.2, 0.25) is 0 Å². The quantitative estimate of drug-likeness (QED) is 0.590. The molecule has 0 radical (unpaired) electrons. The Balaban J connectivity index is 2.55. The van der Waals surface area contributed by atoms with Gasteiger partial charge in [-0.25, -0.2) is 0 Å². The summed E-state index contributed by atoms with van der Waals surface area (Å²) in [5.74, 6) is -0.0863. The van der Waals surface area contributed by atoms with Crippen molar-refractivity contribution in [2.45, 2.75) is 18.6 Å². The van der Waals surface area contributed by atoms with Gasteiger partial charge in [-0.2, -0.15) is 0 Å². The minimum absolute atomic E-state index is 0.0833. The highest BCUT2D eigenvalue weighted by Gasteiger charge is 2.15. The lowest BCUT2D eigenvalue weighted by Gasteiger charge is -2.09. The lowest BCUT2D eigenvalue weighted by molar-refractivity contribution is -0.383. The van der Waals surface area contributed by atoms with Crippen molar-refractivity contribution >= 4 is 29.0 Å². The Morgan fingerprint density at radius 1 is 1.53 bits per heavy atom. The first-order chi connectivity index (χ1) is 9.04. The van der Waals surface area contributed by atoms with Gasteiger partial charge in [-0.05, 0) is 12.5 Å². The minimum atomic E-state index is -0.531. The molecule has 0 aliphatic rings. The SMILES string of the molecule is CC(CCO)SCC(=O)Nc1ccccc1[N+](=O)[O-]. The van der Waals surface area contributed by atoms with E-state index in [2.05, 4.69) is 5.32 Å². The van der Waals surface area contributed by atoms with Gasteiger partial charge in [-0.15, -0.1) is 11.8 Å². The van der Waals surface area contributed by atoms with Gasteiger partial charge < -0.3 is 10.4 Å². The number of hydrogen-bond acceptors (Lipinski definition) is 5. The average Bonchev–Trinajstić information content (AvgIpc) is 2.37. The highest BCUT2D eigenvalue weighted by Crippen LogP contribution is 2.23. The van der Waals surface area contributed by atoms with Crippen LogP contribution in [0.15, 0.2) is 24.3 Å². The van der Waals surface area contributed by atoms with Gasteiger partial charge in [-0.1, -0.05) is 19.1 Å². The maximum atomic E-state index is 11.7. The molecule has 0 aliphatic carbocycles. The first-order valence-corrected chi connectivity index (χ1v) is 6.85. The number of aliphatic hydroxyl groups excluding tert-OH is 1. The van der Waals surface area contributed by atoms with E-state index in [1.807, 2.05) is 6.92 Å². The molecule has 1 aromatic rings. The molecule has 1 atom stereocenters. The third kappa shape index (κ3) is 5.27. The Morgan fingerprint density at radius 2 is 2.21 bits per heavy atom. The smallest absolute Gasteiger partial charge is 0.292 e. The van der Waals surface area contributed by atoms with Crippen LogP contribution in [0.25, 0.3) is 0 Å². The predicted octanol–water partition coefficient (Wildman–Crippen LogP) is 2.04. The van der Waals surface area contributed by atoms with E-state index < -0.39 is 4.92 Å². The summed E-state index contributed by atoms with van der Waals surface area (Å²) >= 11 is 1.40. The van der Waals surface area contributed by atoms with Crippen molar-refractivity contribution in [1.82, 2.24) is 0 Å². The third-order valence-electron chi connectivity index (χ3n) is 2.41. The molecule has 0 fully saturated rings. The van der Waals surface area contributed by atoms with Gasteiger partial charge in [-0.3, -0.25) is 14.9 Å². The van der Waals surface area contributed by atoms with E-state index in [0.717, 1.165) is 0 Å². The third-order valence-corrected chi connectivity index (χ3v) is 3.64. The lowest BCUT2D eigenvalue weighted by Crippen LogP contribution is -2.17. The maximum Gasteiger partial charge on any atom is 0.292 e. The Kier molecular flexibility index (Phi) is 6.31. The van der Waals surface area contributed by atoms with Crippen molar-refractivity contribution < 1.29 is 14.8 Å². The number of nitro groups is 1. The number of para-hydroxylation sites is 2. The van der Waals surface area contributed by atoms with Gasteiger partial charge >= 0.3 is 0 Å². The van der Waals surface area contributed by atoms with Crippen molar-refractivity contribution in [3.05, 3.63) is 34.4 Å². The van der Waals surface area contributed by atoms with Crippen LogP contribution >= 0.6 is 11.8 Å². The number of thioether (sulfide) groups is 1. The Bertz CT molecular complexity index is 453. The highest BCUT2D eigenvalue weighted by molar-refractivity contribution is 8.00. The van der Waals surface area contributed by atoms with Crippen molar-refractivity contribution in [2.24, 2.45) is 0 Å². The summed E-state index contributed by atoms with van der Waals surface area (Å²) in [5.41, 5.74) is 0.0807. The molecule has 7 heteroatoms. The number of anilines is 1. The van der Waals surface area contributed by atoms with Crippen molar-refractivity contribution in [3.8, 4) is 0 Å². The number of benzene rings is 1. The normalized spacial score (nSPS) is 11.9. The molecule has 19 heavy (non-hydrogen) atoms. The molecular formula is C12H16N2O4S. The van der Waals surface area contributed by atoms with E-state index in [-0.39, 0.29) is 34.9 Å². The topological polar surface area (TPSA) is 92.5 Å². The van der Waals surface area contributed by atoms with Crippen LogP contribution in [0.3, 0.4) is 0 Å². The number of carbonyl (C=O) groups is 1. The van der Waals surface area contributed by atoms with Gasteiger partial charge in [0.05, 0.1) is 10.7 Å². The zero-order valence-electron chi connectivity index (χ0n) is 10.5. The molecule has 0 bridgehead atoms. The van der Waals surface area contributed by atoms with Crippen molar-refractivity contribution in [2.75, 3.05) is 17.7 Å². The molecule has 0 saturated heterocycles. The molecule has 0 spiro atoms. The standard InChI is InChI=1S/C12H16N2O4S/c1-9(6-7-15)19-8-12(16)13-10-4-2-3-5-11(10)14(17)18/h2-5,9,15H,6-8H2,1H3,(H,13,16). The second-order valence-corrected chi connectivity index (χ2v) is 5.38. The molecule has 104 valence electrons. The molecule has 0 heterocycles. The second kappa shape index (κ2) is 7.75. The van der Waals surface area contributed by atoms with Crippen molar-refractivity contribution in [1.29, 1.82) is 0 Å². The summed E-state index contributed by atoms with van der Waals surface area (Å²) in [5, 5.41) is 22.2. The van der Waals surface area contributed by atoms with E-state index in [4.69, 9.17) is 5.11 Å². The van der Waals surface area contributed by atoms with E-state index in [0.29, 0.717) is 6.42 Å². The van der Waals surface area contributed by atoms with Gasteiger partial charge in [0.15, 0.2) is 0 Å². The van der Waals surface area contributed by atoms with Gasteiger partial charge in [0.25, 0.3) is 5.69 Å². The molecule has 0 aromatic heterocycles. The number of rotatable bonds is 7. The van der Waals surface area contributed by atoms with Gasteiger partial charge in [0, 0.05) is 17.9 Å². The molecule has 1 unspecified atom stereocenters. The number of nitrogens with one attached hydrogen (secondary N) is 1. The number of aliphatic hydroxyl groups is 1. The fraction of sp³-hybridized carbons (Fsp3) is 0.417. The zero-order valence-corrected chi connectivity index (χ0v) is 11.4. The van der Waals surface area contributed by atoms with Gasteiger partial charge in [0.2, 0.25) is 5.91 Å². The lowest BCUT2D eigenvalue weighted by atomic mass is 10.2. The summed E-state index contributed by atoms with van der Waals surface area (Å²) < 4.78 is 0. The fourth-order valence-corrected chi connectivity index (χ4v) is 2.19. The van der Waals surface area contributed by atoms with Crippen LogP contribution < -0.4 is 5.32 Å². The first-order valence-electron chi connectivity index (χ1n) is 5.80. The Morgan fingerprint density at radius 3 is 2.84 bits per heavy atom. The highest BCUT2D eigenvalue weighted by atomic mass is 32.2. The summed E-state index contributed by atoms with van der Waals surface area (Å²) in [6.07, 6.45) is 0.615. The molecule has 1 aromatic carbocycles. The second-order valence-electron chi connectivity index (χ2n) is 3.96. The number of amides is 1. The predicted molar refractivity (Wildman–Crippen MR) is 75.3 cm³/mol. The van der Waals surface area contributed by atoms with E-state index in [1.54, 1.807) is 12.1 Å². The molecule has 1 rings (SSSR count). The number of hydrogen-bond donors (Lipinski definition) is 2. The summed E-state index contributed by atoms with van der Waals surface area (Å²) in [7, 11) is 0. The molecule has 0 aliphatic heterocycles. The van der Waals surface area contributed by atoms with Crippen LogP contribution in [-0.4, -0.2) is 33.5 Å². The minimum Gasteiger partial charge on any atom is -0.396 e. The van der Waals surface area contributed by atoms with Gasteiger partial charge in [0.1, 0.15) is 5.69 Å². The van der Waals surface area contributed by atoms with E-state index in [1.165, 1.54) is 23.9 Å². The first kappa shape index (κ1) is 15.5. The number of nitrogens with zero attached hydrogens (tertiary/aromatic N) is 1. The van der Waals surface area contributed by atoms with Crippen LogP contribution in [0.1, 0.15) is 13.3 Å². The molecule has 1 amide bonds. The Labute approximate surface area is 115 Å². The Hall–Kier alpha value is -1.60. The largest absolute Gasteiger partial charge is 0.396 e. The average molecular weight is 284 g/mol. The van der Waals surface area contributed by atoms with Crippen molar-refractivity contribution in [3.63, 3.8) is 0 Å². The summed E-state index contributed by atoms with van der Waals surface area (Å²) in [4.78, 5) is 21.9. The number of nitro benzene ring substituents is 1. The molecular weight excluding hydrogens is 268 g/mol. The van der Waals surface area contributed by atoms with Crippen LogP contribution in [0.4, 0.5) is 11.4 Å².